The van der Waals surface area contributed by atoms with Crippen molar-refractivity contribution < 1.29 is 14.4 Å². The standard InChI is InChI=1S/C26H24N4O3/c1-26(21-11-6-8-17-7-2-3-9-19(17)21)24(32)30(25(33)29-26)16-23(31)27-14-13-18-15-28-22-12-5-4-10-20(18)22/h2-12,15,28H,13-14,16H2,1H3,(H,27,31)(H,29,33). The highest BCUT2D eigenvalue weighted by molar-refractivity contribution is 6.10. The van der Waals surface area contributed by atoms with E-state index in [0.29, 0.717) is 18.5 Å². The van der Waals surface area contributed by atoms with E-state index < -0.39 is 17.5 Å². The minimum atomic E-state index is -1.23. The third-order valence-corrected chi connectivity index (χ3v) is 6.30. The predicted molar refractivity (Wildman–Crippen MR) is 127 cm³/mol. The Morgan fingerprint density at radius 3 is 2.55 bits per heavy atom. The number of amides is 4. The second-order valence-electron chi connectivity index (χ2n) is 8.43. The lowest BCUT2D eigenvalue weighted by molar-refractivity contribution is -0.134. The Labute approximate surface area is 190 Å². The van der Waals surface area contributed by atoms with Gasteiger partial charge in [-0.25, -0.2) is 4.79 Å². The molecule has 7 nitrogen and oxygen atoms in total. The Morgan fingerprint density at radius 1 is 0.970 bits per heavy atom. The summed E-state index contributed by atoms with van der Waals surface area (Å²) in [6, 6.07) is 20.8. The number of aromatic nitrogens is 1. The van der Waals surface area contributed by atoms with Crippen molar-refractivity contribution in [2.75, 3.05) is 13.1 Å². The highest BCUT2D eigenvalue weighted by Gasteiger charge is 2.50. The maximum atomic E-state index is 13.3. The van der Waals surface area contributed by atoms with Crippen molar-refractivity contribution in [1.82, 2.24) is 20.5 Å². The Balaban J connectivity index is 1.26. The summed E-state index contributed by atoms with van der Waals surface area (Å²) in [4.78, 5) is 42.7. The van der Waals surface area contributed by atoms with Crippen molar-refractivity contribution in [1.29, 1.82) is 0 Å². The molecule has 5 rings (SSSR count). The van der Waals surface area contributed by atoms with Crippen LogP contribution >= 0.6 is 0 Å². The summed E-state index contributed by atoms with van der Waals surface area (Å²) in [5, 5.41) is 8.61. The number of nitrogens with zero attached hydrogens (tertiary/aromatic N) is 1. The molecule has 0 saturated carbocycles. The van der Waals surface area contributed by atoms with Gasteiger partial charge in [-0.15, -0.1) is 0 Å². The molecule has 1 aliphatic heterocycles. The van der Waals surface area contributed by atoms with Gasteiger partial charge in [-0.2, -0.15) is 0 Å². The number of carbonyl (C=O) groups is 3. The second-order valence-corrected chi connectivity index (χ2v) is 8.43. The largest absolute Gasteiger partial charge is 0.361 e. The molecule has 4 amide bonds. The van der Waals surface area contributed by atoms with Crippen molar-refractivity contribution in [2.45, 2.75) is 18.9 Å². The lowest BCUT2D eigenvalue weighted by Gasteiger charge is -2.24. The van der Waals surface area contributed by atoms with Gasteiger partial charge in [0.05, 0.1) is 0 Å². The van der Waals surface area contributed by atoms with Gasteiger partial charge < -0.3 is 15.6 Å². The van der Waals surface area contributed by atoms with Crippen molar-refractivity contribution in [3.63, 3.8) is 0 Å². The van der Waals surface area contributed by atoms with Crippen LogP contribution in [0.2, 0.25) is 0 Å². The number of hydrogen-bond acceptors (Lipinski definition) is 3. The third kappa shape index (κ3) is 3.61. The number of carbonyl (C=O) groups excluding carboxylic acids is 3. The third-order valence-electron chi connectivity index (χ3n) is 6.30. The number of fused-ring (bicyclic) bond motifs is 2. The number of rotatable bonds is 6. The smallest absolute Gasteiger partial charge is 0.325 e. The summed E-state index contributed by atoms with van der Waals surface area (Å²) in [5.41, 5.74) is 1.62. The molecule has 1 aromatic heterocycles. The van der Waals surface area contributed by atoms with Crippen LogP contribution in [-0.4, -0.2) is 40.8 Å². The Morgan fingerprint density at radius 2 is 1.70 bits per heavy atom. The summed E-state index contributed by atoms with van der Waals surface area (Å²) in [6.45, 7) is 1.77. The molecule has 1 fully saturated rings. The quantitative estimate of drug-likeness (QED) is 0.401. The number of benzene rings is 3. The summed E-state index contributed by atoms with van der Waals surface area (Å²) in [6.07, 6.45) is 2.58. The number of H-pyrrole nitrogens is 1. The van der Waals surface area contributed by atoms with Crippen LogP contribution in [0.3, 0.4) is 0 Å². The topological polar surface area (TPSA) is 94.3 Å². The predicted octanol–water partition coefficient (Wildman–Crippen LogP) is 3.45. The molecular formula is C26H24N4O3. The van der Waals surface area contributed by atoms with Crippen LogP contribution in [0.15, 0.2) is 72.9 Å². The number of aromatic amines is 1. The molecule has 1 saturated heterocycles. The van der Waals surface area contributed by atoms with E-state index in [2.05, 4.69) is 15.6 Å². The molecule has 33 heavy (non-hydrogen) atoms. The number of para-hydroxylation sites is 1. The van der Waals surface area contributed by atoms with Gasteiger partial charge in [0.1, 0.15) is 12.1 Å². The number of urea groups is 1. The van der Waals surface area contributed by atoms with E-state index in [1.807, 2.05) is 72.9 Å². The molecule has 0 spiro atoms. The van der Waals surface area contributed by atoms with E-state index in [4.69, 9.17) is 0 Å². The number of imide groups is 1. The van der Waals surface area contributed by atoms with E-state index in [0.717, 1.165) is 32.1 Å². The van der Waals surface area contributed by atoms with Gasteiger partial charge in [-0.3, -0.25) is 14.5 Å². The summed E-state index contributed by atoms with van der Waals surface area (Å²) in [7, 11) is 0. The van der Waals surface area contributed by atoms with Crippen molar-refractivity contribution in [3.05, 3.63) is 84.1 Å². The van der Waals surface area contributed by atoms with E-state index >= 15 is 0 Å². The number of nitrogens with one attached hydrogen (secondary N) is 3. The van der Waals surface area contributed by atoms with Gasteiger partial charge >= 0.3 is 6.03 Å². The van der Waals surface area contributed by atoms with Crippen LogP contribution in [0, 0.1) is 0 Å². The second kappa shape index (κ2) is 8.09. The molecule has 0 bridgehead atoms. The highest BCUT2D eigenvalue weighted by atomic mass is 16.2. The van der Waals surface area contributed by atoms with Crippen LogP contribution in [-0.2, 0) is 21.5 Å². The van der Waals surface area contributed by atoms with Gasteiger partial charge in [-0.1, -0.05) is 60.7 Å². The van der Waals surface area contributed by atoms with Crippen LogP contribution in [0.5, 0.6) is 0 Å². The SMILES string of the molecule is CC1(c2cccc3ccccc23)NC(=O)N(CC(=O)NCCc2c[nH]c3ccccc23)C1=O. The molecule has 0 radical (unpaired) electrons. The van der Waals surface area contributed by atoms with E-state index in [-0.39, 0.29) is 12.5 Å². The monoisotopic (exact) mass is 440 g/mol. The van der Waals surface area contributed by atoms with Crippen molar-refractivity contribution in [3.8, 4) is 0 Å². The lowest BCUT2D eigenvalue weighted by Crippen LogP contribution is -2.43. The van der Waals surface area contributed by atoms with Crippen LogP contribution in [0.1, 0.15) is 18.1 Å². The van der Waals surface area contributed by atoms with E-state index in [1.165, 1.54) is 0 Å². The molecule has 1 unspecified atom stereocenters. The van der Waals surface area contributed by atoms with E-state index in [9.17, 15) is 14.4 Å². The Hall–Kier alpha value is -4.13. The summed E-state index contributed by atoms with van der Waals surface area (Å²) in [5.74, 6) is -0.809. The Kier molecular flexibility index (Phi) is 5.09. The fourth-order valence-electron chi connectivity index (χ4n) is 4.56. The molecule has 0 aliphatic carbocycles. The van der Waals surface area contributed by atoms with Crippen molar-refractivity contribution >= 4 is 39.5 Å². The van der Waals surface area contributed by atoms with Gasteiger partial charge in [-0.05, 0) is 41.3 Å². The number of hydrogen-bond donors (Lipinski definition) is 3. The minimum Gasteiger partial charge on any atom is -0.361 e. The molecule has 1 atom stereocenters. The molecule has 166 valence electrons. The first-order valence-electron chi connectivity index (χ1n) is 10.9. The average Bonchev–Trinajstić information content (AvgIpc) is 3.33. The van der Waals surface area contributed by atoms with Gasteiger partial charge in [0.15, 0.2) is 0 Å². The lowest BCUT2D eigenvalue weighted by atomic mass is 9.88. The first kappa shape index (κ1) is 20.8. The molecule has 3 aromatic carbocycles. The van der Waals surface area contributed by atoms with Gasteiger partial charge in [0.2, 0.25) is 5.91 Å². The van der Waals surface area contributed by atoms with E-state index in [1.54, 1.807) is 6.92 Å². The Bertz CT molecular complexity index is 1390. The first-order chi connectivity index (χ1) is 16.0. The normalized spacial score (nSPS) is 18.2. The molecule has 1 aliphatic rings. The minimum absolute atomic E-state index is 0.321. The zero-order valence-electron chi connectivity index (χ0n) is 18.2. The molecule has 4 aromatic rings. The fraction of sp³-hybridized carbons (Fsp3) is 0.192. The highest BCUT2D eigenvalue weighted by Crippen LogP contribution is 2.33. The first-order valence-corrected chi connectivity index (χ1v) is 10.9. The molecular weight excluding hydrogens is 416 g/mol. The van der Waals surface area contributed by atoms with Crippen LogP contribution < -0.4 is 10.6 Å². The van der Waals surface area contributed by atoms with Crippen LogP contribution in [0.25, 0.3) is 21.7 Å². The average molecular weight is 441 g/mol. The molecule has 7 heteroatoms. The summed E-state index contributed by atoms with van der Waals surface area (Å²) >= 11 is 0. The van der Waals surface area contributed by atoms with Gasteiger partial charge in [0.25, 0.3) is 5.91 Å². The zero-order chi connectivity index (χ0) is 23.0. The maximum absolute atomic E-state index is 13.3. The maximum Gasteiger partial charge on any atom is 0.325 e. The molecule has 3 N–H and O–H groups in total. The van der Waals surface area contributed by atoms with Crippen molar-refractivity contribution in [2.24, 2.45) is 0 Å². The van der Waals surface area contributed by atoms with Crippen LogP contribution in [0.4, 0.5) is 4.79 Å². The van der Waals surface area contributed by atoms with Gasteiger partial charge in [0, 0.05) is 23.6 Å². The summed E-state index contributed by atoms with van der Waals surface area (Å²) < 4.78 is 0. The fourth-order valence-corrected chi connectivity index (χ4v) is 4.56. The molecule has 2 heterocycles. The zero-order valence-corrected chi connectivity index (χ0v) is 18.2.